The highest BCUT2D eigenvalue weighted by molar-refractivity contribution is 6.04. The Balaban J connectivity index is 1.42. The van der Waals surface area contributed by atoms with Crippen LogP contribution in [0.1, 0.15) is 16.2 Å². The zero-order valence-corrected chi connectivity index (χ0v) is 17.1. The highest BCUT2D eigenvalue weighted by Gasteiger charge is 2.31. The fourth-order valence-electron chi connectivity index (χ4n) is 2.90. The molecular formula is C22H16F3N5O3. The fraction of sp³-hybridized carbons (Fsp3) is 0.0909. The number of nitrogens with zero attached hydrogens (tertiary/aromatic N) is 4. The predicted octanol–water partition coefficient (Wildman–Crippen LogP) is 4.91. The van der Waals surface area contributed by atoms with Crippen LogP contribution in [0.5, 0.6) is 17.4 Å². The first-order valence-electron chi connectivity index (χ1n) is 9.54. The van der Waals surface area contributed by atoms with Gasteiger partial charge in [0.15, 0.2) is 0 Å². The number of imidazole rings is 1. The molecule has 168 valence electrons. The van der Waals surface area contributed by atoms with Gasteiger partial charge in [0.25, 0.3) is 5.91 Å². The predicted molar refractivity (Wildman–Crippen MR) is 111 cm³/mol. The number of rotatable bonds is 6. The van der Waals surface area contributed by atoms with Gasteiger partial charge in [-0.1, -0.05) is 6.07 Å². The van der Waals surface area contributed by atoms with Crippen molar-refractivity contribution in [1.29, 1.82) is 0 Å². The van der Waals surface area contributed by atoms with E-state index < -0.39 is 18.0 Å². The summed E-state index contributed by atoms with van der Waals surface area (Å²) in [6, 6.07) is 12.9. The number of carbonyl (C=O) groups excluding carboxylic acids is 1. The van der Waals surface area contributed by atoms with Crippen LogP contribution in [0.15, 0.2) is 73.3 Å². The van der Waals surface area contributed by atoms with E-state index in [1.807, 2.05) is 6.92 Å². The number of benzene rings is 2. The largest absolute Gasteiger partial charge is 0.573 e. The summed E-state index contributed by atoms with van der Waals surface area (Å²) in [4.78, 5) is 24.8. The zero-order chi connectivity index (χ0) is 23.4. The molecule has 0 aliphatic rings. The lowest BCUT2D eigenvalue weighted by Crippen LogP contribution is -2.18. The van der Waals surface area contributed by atoms with E-state index in [1.165, 1.54) is 18.5 Å². The summed E-state index contributed by atoms with van der Waals surface area (Å²) in [5, 5.41) is 2.61. The number of ether oxygens (including phenoxy) is 2. The summed E-state index contributed by atoms with van der Waals surface area (Å²) in [7, 11) is 0. The van der Waals surface area contributed by atoms with Gasteiger partial charge in [-0.2, -0.15) is 0 Å². The number of hydrogen-bond donors (Lipinski definition) is 1. The third-order valence-corrected chi connectivity index (χ3v) is 4.36. The van der Waals surface area contributed by atoms with E-state index >= 15 is 0 Å². The summed E-state index contributed by atoms with van der Waals surface area (Å²) in [6.45, 7) is 1.84. The van der Waals surface area contributed by atoms with Gasteiger partial charge >= 0.3 is 6.36 Å². The maximum atomic E-state index is 12.4. The smallest absolute Gasteiger partial charge is 0.439 e. The average molecular weight is 455 g/mol. The minimum Gasteiger partial charge on any atom is -0.439 e. The normalized spacial score (nSPS) is 11.2. The molecule has 1 amide bonds. The van der Waals surface area contributed by atoms with E-state index in [4.69, 9.17) is 4.74 Å². The van der Waals surface area contributed by atoms with Crippen molar-refractivity contribution in [1.82, 2.24) is 19.5 Å². The van der Waals surface area contributed by atoms with Gasteiger partial charge in [0, 0.05) is 29.7 Å². The Hall–Kier alpha value is -4.41. The van der Waals surface area contributed by atoms with Gasteiger partial charge in [-0.3, -0.25) is 9.36 Å². The van der Waals surface area contributed by atoms with Crippen LogP contribution in [0.3, 0.4) is 0 Å². The summed E-state index contributed by atoms with van der Waals surface area (Å²) in [6.07, 6.45) is -0.0449. The molecule has 0 radical (unpaired) electrons. The molecule has 0 aliphatic heterocycles. The van der Waals surface area contributed by atoms with E-state index in [9.17, 15) is 18.0 Å². The minimum atomic E-state index is -4.84. The van der Waals surface area contributed by atoms with Crippen molar-refractivity contribution in [2.75, 3.05) is 5.32 Å². The van der Waals surface area contributed by atoms with Crippen LogP contribution in [-0.2, 0) is 0 Å². The van der Waals surface area contributed by atoms with Gasteiger partial charge in [0.05, 0.1) is 0 Å². The monoisotopic (exact) mass is 455 g/mol. The molecule has 0 spiro atoms. The van der Waals surface area contributed by atoms with Crippen LogP contribution in [-0.4, -0.2) is 31.8 Å². The maximum Gasteiger partial charge on any atom is 0.573 e. The number of hydrogen-bond acceptors (Lipinski definition) is 6. The number of aromatic nitrogens is 4. The molecule has 8 nitrogen and oxygen atoms in total. The minimum absolute atomic E-state index is 0.0142. The molecule has 4 rings (SSSR count). The van der Waals surface area contributed by atoms with Gasteiger partial charge in [0.2, 0.25) is 5.88 Å². The molecule has 1 N–H and O–H groups in total. The molecule has 0 unspecified atom stereocenters. The second kappa shape index (κ2) is 8.99. The highest BCUT2D eigenvalue weighted by atomic mass is 19.4. The molecule has 33 heavy (non-hydrogen) atoms. The number of anilines is 1. The number of amides is 1. The third-order valence-electron chi connectivity index (χ3n) is 4.36. The molecule has 0 fully saturated rings. The Morgan fingerprint density at radius 3 is 2.48 bits per heavy atom. The standard InChI is InChI=1S/C22H16F3N5O3/c1-14-26-9-10-30(14)19-12-20(28-13-27-19)32-17-7-5-16(6-8-17)29-21(31)15-3-2-4-18(11-15)33-22(23,24)25/h2-13H,1H3,(H,29,31). The van der Waals surface area contributed by atoms with Gasteiger partial charge in [0.1, 0.15) is 29.5 Å². The van der Waals surface area contributed by atoms with Crippen molar-refractivity contribution in [3.8, 4) is 23.2 Å². The molecule has 0 bridgehead atoms. The van der Waals surface area contributed by atoms with Gasteiger partial charge in [-0.15, -0.1) is 13.2 Å². The highest BCUT2D eigenvalue weighted by Crippen LogP contribution is 2.25. The molecule has 4 aromatic rings. The van der Waals surface area contributed by atoms with E-state index in [2.05, 4.69) is 25.0 Å². The van der Waals surface area contributed by atoms with Crippen molar-refractivity contribution in [3.63, 3.8) is 0 Å². The van der Waals surface area contributed by atoms with E-state index in [1.54, 1.807) is 47.3 Å². The molecule has 2 aromatic heterocycles. The van der Waals surface area contributed by atoms with Gasteiger partial charge in [-0.25, -0.2) is 15.0 Å². The Labute approximate surface area is 185 Å². The number of aryl methyl sites for hydroxylation is 1. The second-order valence-electron chi connectivity index (χ2n) is 6.72. The molecule has 0 saturated carbocycles. The first-order chi connectivity index (χ1) is 15.8. The SMILES string of the molecule is Cc1nccn1-c1cc(Oc2ccc(NC(=O)c3cccc(OC(F)(F)F)c3)cc2)ncn1. The summed E-state index contributed by atoms with van der Waals surface area (Å²) < 4.78 is 48.5. The van der Waals surface area contributed by atoms with E-state index in [0.29, 0.717) is 23.1 Å². The lowest BCUT2D eigenvalue weighted by Gasteiger charge is -2.11. The molecule has 2 aromatic carbocycles. The van der Waals surface area contributed by atoms with Crippen LogP contribution < -0.4 is 14.8 Å². The number of halogens is 3. The summed E-state index contributed by atoms with van der Waals surface area (Å²) in [5.41, 5.74) is 0.437. The van der Waals surface area contributed by atoms with Crippen molar-refractivity contribution in [2.45, 2.75) is 13.3 Å². The van der Waals surface area contributed by atoms with Gasteiger partial charge in [-0.05, 0) is 49.4 Å². The molecule has 0 atom stereocenters. The first-order valence-corrected chi connectivity index (χ1v) is 9.54. The van der Waals surface area contributed by atoms with Crippen molar-refractivity contribution < 1.29 is 27.4 Å². The molecule has 2 heterocycles. The first kappa shape index (κ1) is 21.8. The maximum absolute atomic E-state index is 12.4. The Morgan fingerprint density at radius 2 is 1.79 bits per heavy atom. The van der Waals surface area contributed by atoms with E-state index in [-0.39, 0.29) is 5.56 Å². The molecule has 0 saturated heterocycles. The zero-order valence-electron chi connectivity index (χ0n) is 17.1. The topological polar surface area (TPSA) is 91.2 Å². The van der Waals surface area contributed by atoms with Crippen molar-refractivity contribution >= 4 is 11.6 Å². The lowest BCUT2D eigenvalue weighted by atomic mass is 10.2. The Morgan fingerprint density at radius 1 is 1.00 bits per heavy atom. The van der Waals surface area contributed by atoms with E-state index in [0.717, 1.165) is 18.0 Å². The number of carbonyl (C=O) groups is 1. The fourth-order valence-corrected chi connectivity index (χ4v) is 2.90. The molecule has 11 heteroatoms. The lowest BCUT2D eigenvalue weighted by molar-refractivity contribution is -0.274. The van der Waals surface area contributed by atoms with Crippen LogP contribution in [0.4, 0.5) is 18.9 Å². The quantitative estimate of drug-likeness (QED) is 0.444. The van der Waals surface area contributed by atoms with Crippen molar-refractivity contribution in [3.05, 3.63) is 84.7 Å². The van der Waals surface area contributed by atoms with Crippen LogP contribution >= 0.6 is 0 Å². The molecular weight excluding hydrogens is 439 g/mol. The third kappa shape index (κ3) is 5.64. The van der Waals surface area contributed by atoms with Crippen LogP contribution in [0.2, 0.25) is 0 Å². The molecule has 0 aliphatic carbocycles. The van der Waals surface area contributed by atoms with Crippen LogP contribution in [0, 0.1) is 6.92 Å². The Bertz CT molecular complexity index is 1270. The number of nitrogens with one attached hydrogen (secondary N) is 1. The second-order valence-corrected chi connectivity index (χ2v) is 6.72. The summed E-state index contributed by atoms with van der Waals surface area (Å²) >= 11 is 0. The average Bonchev–Trinajstić information content (AvgIpc) is 3.20. The van der Waals surface area contributed by atoms with Crippen molar-refractivity contribution in [2.24, 2.45) is 0 Å². The van der Waals surface area contributed by atoms with Gasteiger partial charge < -0.3 is 14.8 Å². The summed E-state index contributed by atoms with van der Waals surface area (Å²) in [5.74, 6) is 1.05. The van der Waals surface area contributed by atoms with Crippen LogP contribution in [0.25, 0.3) is 5.82 Å². The Kier molecular flexibility index (Phi) is 5.94. The number of alkyl halides is 3.